The average Bonchev–Trinajstić information content (AvgIpc) is 3.57. The summed E-state index contributed by atoms with van der Waals surface area (Å²) >= 11 is 0. The fourth-order valence-electron chi connectivity index (χ4n) is 12.5. The zero-order chi connectivity index (χ0) is 28.4. The van der Waals surface area contributed by atoms with Gasteiger partial charge in [-0.05, 0) is 101 Å². The van der Waals surface area contributed by atoms with Gasteiger partial charge >= 0.3 is 0 Å². The number of hydrogen-bond donors (Lipinski definition) is 0. The molecular formula is C36H56F3NO2. The zero-order valence-electron chi connectivity index (χ0n) is 25.8. The normalized spacial score (nSPS) is 53.3. The lowest BCUT2D eigenvalue weighted by Gasteiger charge is -2.51. The number of rotatable bonds is 4. The smallest absolute Gasteiger partial charge is 0.109 e. The number of fused-ring (bicyclic) bond motifs is 7. The maximum absolute atomic E-state index is 14.9. The van der Waals surface area contributed by atoms with Crippen molar-refractivity contribution in [1.29, 1.82) is 0 Å². The molecule has 6 heteroatoms. The molecule has 238 valence electrons. The van der Waals surface area contributed by atoms with Crippen molar-refractivity contribution in [3.63, 3.8) is 0 Å². The van der Waals surface area contributed by atoms with Crippen LogP contribution in [0.5, 0.6) is 0 Å². The molecule has 11 atom stereocenters. The molecule has 8 fully saturated rings. The molecule has 42 heavy (non-hydrogen) atoms. The Kier molecular flexibility index (Phi) is 8.40. The second-order valence-electron chi connectivity index (χ2n) is 16.2. The van der Waals surface area contributed by atoms with E-state index in [9.17, 15) is 13.2 Å². The molecule has 0 radical (unpaired) electrons. The molecule has 2 heterocycles. The van der Waals surface area contributed by atoms with E-state index in [1.54, 1.807) is 0 Å². The Labute approximate surface area is 252 Å². The molecular weight excluding hydrogens is 535 g/mol. The van der Waals surface area contributed by atoms with Crippen LogP contribution in [0, 0.1) is 35.5 Å². The quantitative estimate of drug-likeness (QED) is 0.327. The van der Waals surface area contributed by atoms with E-state index in [2.05, 4.69) is 4.90 Å². The van der Waals surface area contributed by atoms with Gasteiger partial charge in [0.1, 0.15) is 18.5 Å². The molecule has 0 aromatic heterocycles. The summed E-state index contributed by atoms with van der Waals surface area (Å²) in [4.78, 5) is 2.98. The van der Waals surface area contributed by atoms with Crippen LogP contribution in [0.4, 0.5) is 13.2 Å². The highest BCUT2D eigenvalue weighted by molar-refractivity contribution is 5.09. The van der Waals surface area contributed by atoms with E-state index in [-0.39, 0.29) is 18.8 Å². The topological polar surface area (TPSA) is 21.7 Å². The summed E-state index contributed by atoms with van der Waals surface area (Å²) < 4.78 is 57.9. The molecule has 11 unspecified atom stereocenters. The summed E-state index contributed by atoms with van der Waals surface area (Å²) in [6, 6.07) is 1.62. The van der Waals surface area contributed by atoms with Crippen LogP contribution < -0.4 is 0 Å². The molecule has 3 nitrogen and oxygen atoms in total. The van der Waals surface area contributed by atoms with Crippen molar-refractivity contribution < 1.29 is 22.6 Å². The summed E-state index contributed by atoms with van der Waals surface area (Å²) in [6.07, 6.45) is 19.7. The van der Waals surface area contributed by atoms with E-state index < -0.39 is 24.4 Å². The van der Waals surface area contributed by atoms with Crippen LogP contribution in [0.3, 0.4) is 0 Å². The molecule has 6 saturated carbocycles. The maximum atomic E-state index is 14.9. The third kappa shape index (κ3) is 5.12. The lowest BCUT2D eigenvalue weighted by molar-refractivity contribution is -0.104. The second kappa shape index (κ2) is 12.1. The maximum Gasteiger partial charge on any atom is 0.109 e. The molecule has 0 spiro atoms. The van der Waals surface area contributed by atoms with Gasteiger partial charge in [0, 0.05) is 42.8 Å². The summed E-state index contributed by atoms with van der Waals surface area (Å²) in [7, 11) is 0. The Morgan fingerprint density at radius 1 is 0.476 bits per heavy atom. The molecule has 6 aliphatic carbocycles. The Balaban J connectivity index is 1.01. The molecule has 0 amide bonds. The SMILES string of the molecule is FC1CC(F)C(C2CCC(N(C3CCCCC3)C3CCCC4C5CCC6OC7CCCCC7C6C5OC43)CC2)C(F)C1. The second-order valence-corrected chi connectivity index (χ2v) is 16.2. The summed E-state index contributed by atoms with van der Waals surface area (Å²) in [5.41, 5.74) is 0. The van der Waals surface area contributed by atoms with Crippen LogP contribution in [-0.4, -0.2) is 66.0 Å². The first-order valence-electron chi connectivity index (χ1n) is 18.6. The standard InChI is InChI=1S/C36H56F3NO2/c37-22-19-28(38)33(29(39)20-22)21-13-15-24(16-14-21)40(23-7-2-1-3-8-23)30-11-6-10-25-26-17-18-32-34(36(26)42-35(25)30)27-9-4-5-12-31(27)41-32/h21-36H,1-20H2. The Bertz CT molecular complexity index is 911. The fourth-order valence-corrected chi connectivity index (χ4v) is 12.5. The third-order valence-electron chi connectivity index (χ3n) is 14.2. The van der Waals surface area contributed by atoms with Gasteiger partial charge in [0.2, 0.25) is 0 Å². The molecule has 0 aromatic rings. The molecule has 8 aliphatic rings. The summed E-state index contributed by atoms with van der Waals surface area (Å²) in [5, 5.41) is 0. The van der Waals surface area contributed by atoms with Crippen molar-refractivity contribution >= 4 is 0 Å². The minimum atomic E-state index is -1.32. The van der Waals surface area contributed by atoms with Gasteiger partial charge in [-0.2, -0.15) is 0 Å². The Morgan fingerprint density at radius 2 is 1.14 bits per heavy atom. The summed E-state index contributed by atoms with van der Waals surface area (Å²) in [5.74, 6) is 2.20. The van der Waals surface area contributed by atoms with Gasteiger partial charge < -0.3 is 9.47 Å². The molecule has 2 saturated heterocycles. The van der Waals surface area contributed by atoms with Crippen molar-refractivity contribution in [1.82, 2.24) is 4.90 Å². The van der Waals surface area contributed by atoms with Crippen molar-refractivity contribution in [2.75, 3.05) is 0 Å². The molecule has 0 aromatic carbocycles. The number of hydrogen-bond acceptors (Lipinski definition) is 3. The highest BCUT2D eigenvalue weighted by Crippen LogP contribution is 2.57. The predicted molar refractivity (Wildman–Crippen MR) is 158 cm³/mol. The zero-order valence-corrected chi connectivity index (χ0v) is 25.8. The Morgan fingerprint density at radius 3 is 1.93 bits per heavy atom. The fraction of sp³-hybridized carbons (Fsp3) is 1.00. The van der Waals surface area contributed by atoms with Gasteiger partial charge in [0.05, 0.1) is 24.4 Å². The van der Waals surface area contributed by atoms with Gasteiger partial charge in [0.25, 0.3) is 0 Å². The van der Waals surface area contributed by atoms with E-state index >= 15 is 0 Å². The van der Waals surface area contributed by atoms with Crippen LogP contribution in [0.1, 0.15) is 128 Å². The largest absolute Gasteiger partial charge is 0.374 e. The first-order valence-corrected chi connectivity index (χ1v) is 18.6. The lowest BCUT2D eigenvalue weighted by Crippen LogP contribution is -2.58. The van der Waals surface area contributed by atoms with Gasteiger partial charge in [-0.3, -0.25) is 4.90 Å². The number of alkyl halides is 3. The minimum absolute atomic E-state index is 0.0689. The van der Waals surface area contributed by atoms with Crippen LogP contribution in [0.25, 0.3) is 0 Å². The average molecular weight is 592 g/mol. The monoisotopic (exact) mass is 591 g/mol. The molecule has 2 aliphatic heterocycles. The van der Waals surface area contributed by atoms with Gasteiger partial charge in [-0.25, -0.2) is 13.2 Å². The van der Waals surface area contributed by atoms with Crippen molar-refractivity contribution in [2.24, 2.45) is 35.5 Å². The first kappa shape index (κ1) is 29.1. The van der Waals surface area contributed by atoms with E-state index in [1.165, 1.54) is 89.9 Å². The van der Waals surface area contributed by atoms with Crippen LogP contribution in [0.2, 0.25) is 0 Å². The first-order chi connectivity index (χ1) is 20.6. The third-order valence-corrected chi connectivity index (χ3v) is 14.2. The van der Waals surface area contributed by atoms with E-state index in [0.29, 0.717) is 66.2 Å². The summed E-state index contributed by atoms with van der Waals surface area (Å²) in [6.45, 7) is 0. The van der Waals surface area contributed by atoms with Gasteiger partial charge in [-0.15, -0.1) is 0 Å². The highest BCUT2D eigenvalue weighted by atomic mass is 19.2. The number of nitrogens with zero attached hydrogens (tertiary/aromatic N) is 1. The number of ether oxygens (including phenoxy) is 2. The van der Waals surface area contributed by atoms with Crippen molar-refractivity contribution in [3.05, 3.63) is 0 Å². The highest BCUT2D eigenvalue weighted by Gasteiger charge is 2.60. The molecule has 8 rings (SSSR count). The van der Waals surface area contributed by atoms with E-state index in [4.69, 9.17) is 9.47 Å². The molecule has 0 bridgehead atoms. The van der Waals surface area contributed by atoms with E-state index in [1.807, 2.05) is 0 Å². The van der Waals surface area contributed by atoms with Crippen molar-refractivity contribution in [2.45, 2.75) is 189 Å². The molecule has 0 N–H and O–H groups in total. The lowest BCUT2D eigenvalue weighted by atomic mass is 9.64. The van der Waals surface area contributed by atoms with Crippen LogP contribution >= 0.6 is 0 Å². The van der Waals surface area contributed by atoms with Gasteiger partial charge in [0.15, 0.2) is 0 Å². The predicted octanol–water partition coefficient (Wildman–Crippen LogP) is 8.52. The van der Waals surface area contributed by atoms with Gasteiger partial charge in [-0.1, -0.05) is 38.5 Å². The van der Waals surface area contributed by atoms with Crippen LogP contribution in [0.15, 0.2) is 0 Å². The van der Waals surface area contributed by atoms with Crippen LogP contribution in [-0.2, 0) is 9.47 Å². The minimum Gasteiger partial charge on any atom is -0.374 e. The Hall–Kier alpha value is -0.330. The number of halogens is 3. The van der Waals surface area contributed by atoms with Crippen molar-refractivity contribution in [3.8, 4) is 0 Å². The van der Waals surface area contributed by atoms with E-state index in [0.717, 1.165) is 25.7 Å².